The topological polar surface area (TPSA) is 68.0 Å². The molecule has 3 aromatic rings. The van der Waals surface area contributed by atoms with Crippen molar-refractivity contribution in [1.29, 1.82) is 0 Å². The van der Waals surface area contributed by atoms with Crippen LogP contribution < -0.4 is 5.32 Å². The zero-order chi connectivity index (χ0) is 15.5. The first-order valence-corrected chi connectivity index (χ1v) is 6.59. The van der Waals surface area contributed by atoms with Gasteiger partial charge in [0.2, 0.25) is 5.89 Å². The van der Waals surface area contributed by atoms with Gasteiger partial charge in [-0.1, -0.05) is 22.8 Å². The Bertz CT molecular complexity index is 812. The molecule has 1 N–H and O–H groups in total. The molecule has 0 spiro atoms. The fourth-order valence-corrected chi connectivity index (χ4v) is 1.94. The van der Waals surface area contributed by atoms with Crippen LogP contribution in [0.1, 0.15) is 15.9 Å². The molecular formula is C16H12FN3O2. The van der Waals surface area contributed by atoms with E-state index in [0.29, 0.717) is 11.1 Å². The van der Waals surface area contributed by atoms with Crippen LogP contribution in [0, 0.1) is 12.7 Å². The first kappa shape index (κ1) is 13.9. The Kier molecular flexibility index (Phi) is 3.65. The zero-order valence-electron chi connectivity index (χ0n) is 11.7. The fraction of sp³-hybridized carbons (Fsp3) is 0.0625. The van der Waals surface area contributed by atoms with E-state index in [4.69, 9.17) is 4.42 Å². The predicted molar refractivity (Wildman–Crippen MR) is 78.8 cm³/mol. The Labute approximate surface area is 125 Å². The minimum Gasteiger partial charge on any atom is -0.403 e. The van der Waals surface area contributed by atoms with Gasteiger partial charge in [-0.05, 0) is 43.3 Å². The number of rotatable bonds is 3. The van der Waals surface area contributed by atoms with Gasteiger partial charge in [0.1, 0.15) is 5.82 Å². The van der Waals surface area contributed by atoms with Crippen molar-refractivity contribution in [3.05, 3.63) is 65.5 Å². The lowest BCUT2D eigenvalue weighted by Crippen LogP contribution is -2.12. The number of nitrogens with zero attached hydrogens (tertiary/aromatic N) is 2. The van der Waals surface area contributed by atoms with Crippen molar-refractivity contribution in [3.63, 3.8) is 0 Å². The Morgan fingerprint density at radius 3 is 2.64 bits per heavy atom. The minimum absolute atomic E-state index is 0.00849. The van der Waals surface area contributed by atoms with Crippen LogP contribution in [0.15, 0.2) is 52.9 Å². The lowest BCUT2D eigenvalue weighted by molar-refractivity contribution is 0.102. The largest absolute Gasteiger partial charge is 0.403 e. The van der Waals surface area contributed by atoms with Gasteiger partial charge in [-0.25, -0.2) is 4.39 Å². The van der Waals surface area contributed by atoms with Crippen molar-refractivity contribution in [1.82, 2.24) is 10.2 Å². The predicted octanol–water partition coefficient (Wildman–Crippen LogP) is 3.44. The molecule has 0 fully saturated rings. The van der Waals surface area contributed by atoms with Crippen LogP contribution in [0.4, 0.5) is 10.4 Å². The number of halogens is 1. The van der Waals surface area contributed by atoms with E-state index in [2.05, 4.69) is 15.5 Å². The highest BCUT2D eigenvalue weighted by atomic mass is 19.1. The van der Waals surface area contributed by atoms with Crippen LogP contribution in [0.5, 0.6) is 0 Å². The number of anilines is 1. The fourth-order valence-electron chi connectivity index (χ4n) is 1.94. The Morgan fingerprint density at radius 2 is 1.91 bits per heavy atom. The van der Waals surface area contributed by atoms with Gasteiger partial charge in [-0.3, -0.25) is 10.1 Å². The SMILES string of the molecule is Cc1cccc(C(=O)Nc2nnc(-c3ccc(F)cc3)o2)c1. The van der Waals surface area contributed by atoms with Gasteiger partial charge < -0.3 is 4.42 Å². The maximum absolute atomic E-state index is 12.9. The molecule has 0 aliphatic rings. The first-order chi connectivity index (χ1) is 10.6. The molecule has 5 nitrogen and oxygen atoms in total. The number of aryl methyl sites for hydroxylation is 1. The molecule has 0 atom stereocenters. The third-order valence-electron chi connectivity index (χ3n) is 3.02. The smallest absolute Gasteiger partial charge is 0.322 e. The van der Waals surface area contributed by atoms with Crippen molar-refractivity contribution in [2.24, 2.45) is 0 Å². The summed E-state index contributed by atoms with van der Waals surface area (Å²) < 4.78 is 18.2. The van der Waals surface area contributed by atoms with E-state index in [-0.39, 0.29) is 23.6 Å². The van der Waals surface area contributed by atoms with Gasteiger partial charge in [0, 0.05) is 11.1 Å². The van der Waals surface area contributed by atoms with Crippen molar-refractivity contribution in [2.75, 3.05) is 5.32 Å². The summed E-state index contributed by atoms with van der Waals surface area (Å²) in [4.78, 5) is 12.1. The summed E-state index contributed by atoms with van der Waals surface area (Å²) in [5.74, 6) is -0.478. The van der Waals surface area contributed by atoms with Gasteiger partial charge in [-0.2, -0.15) is 0 Å². The second kappa shape index (κ2) is 5.77. The molecule has 0 saturated heterocycles. The Hall–Kier alpha value is -3.02. The molecule has 0 saturated carbocycles. The Morgan fingerprint density at radius 1 is 1.14 bits per heavy atom. The number of carbonyl (C=O) groups is 1. The second-order valence-electron chi connectivity index (χ2n) is 4.74. The summed E-state index contributed by atoms with van der Waals surface area (Å²) in [5, 5.41) is 10.1. The van der Waals surface area contributed by atoms with Gasteiger partial charge in [0.15, 0.2) is 0 Å². The van der Waals surface area contributed by atoms with E-state index < -0.39 is 0 Å². The molecule has 1 aromatic heterocycles. The molecule has 2 aromatic carbocycles. The van der Waals surface area contributed by atoms with E-state index in [9.17, 15) is 9.18 Å². The molecule has 1 heterocycles. The first-order valence-electron chi connectivity index (χ1n) is 6.59. The summed E-state index contributed by atoms with van der Waals surface area (Å²) in [7, 11) is 0. The third kappa shape index (κ3) is 3.01. The van der Waals surface area contributed by atoms with Gasteiger partial charge >= 0.3 is 6.01 Å². The molecule has 3 rings (SSSR count). The van der Waals surface area contributed by atoms with Crippen LogP contribution in [0.3, 0.4) is 0 Å². The number of amides is 1. The molecule has 0 aliphatic heterocycles. The number of benzene rings is 2. The number of carbonyl (C=O) groups excluding carboxylic acids is 1. The van der Waals surface area contributed by atoms with Crippen LogP contribution in [-0.4, -0.2) is 16.1 Å². The lowest BCUT2D eigenvalue weighted by atomic mass is 10.1. The summed E-state index contributed by atoms with van der Waals surface area (Å²) in [6.07, 6.45) is 0. The lowest BCUT2D eigenvalue weighted by Gasteiger charge is -2.01. The molecule has 0 unspecified atom stereocenters. The summed E-state index contributed by atoms with van der Waals surface area (Å²) in [5.41, 5.74) is 2.05. The minimum atomic E-state index is -0.351. The van der Waals surface area contributed by atoms with Gasteiger partial charge in [0.25, 0.3) is 5.91 Å². The Balaban J connectivity index is 1.77. The molecule has 0 bridgehead atoms. The van der Waals surface area contributed by atoms with E-state index in [1.807, 2.05) is 13.0 Å². The van der Waals surface area contributed by atoms with Gasteiger partial charge in [0.05, 0.1) is 0 Å². The monoisotopic (exact) mass is 297 g/mol. The van der Waals surface area contributed by atoms with Gasteiger partial charge in [-0.15, -0.1) is 5.10 Å². The van der Waals surface area contributed by atoms with E-state index >= 15 is 0 Å². The van der Waals surface area contributed by atoms with Crippen LogP contribution in [0.2, 0.25) is 0 Å². The molecule has 22 heavy (non-hydrogen) atoms. The van der Waals surface area contributed by atoms with E-state index in [0.717, 1.165) is 5.56 Å². The quantitative estimate of drug-likeness (QED) is 0.804. The highest BCUT2D eigenvalue weighted by molar-refractivity contribution is 6.03. The van der Waals surface area contributed by atoms with Crippen molar-refractivity contribution in [3.8, 4) is 11.5 Å². The number of nitrogens with one attached hydrogen (secondary N) is 1. The molecule has 1 amide bonds. The molecule has 0 radical (unpaired) electrons. The summed E-state index contributed by atoms with van der Waals surface area (Å²) in [6.45, 7) is 1.90. The molecule has 0 aliphatic carbocycles. The summed E-state index contributed by atoms with van der Waals surface area (Å²) >= 11 is 0. The normalized spacial score (nSPS) is 10.5. The standard InChI is InChI=1S/C16H12FN3O2/c1-10-3-2-4-12(9-10)14(21)18-16-20-19-15(22-16)11-5-7-13(17)8-6-11/h2-9H,1H3,(H,18,20,21). The summed E-state index contributed by atoms with van der Waals surface area (Å²) in [6, 6.07) is 12.8. The maximum Gasteiger partial charge on any atom is 0.322 e. The number of aromatic nitrogens is 2. The van der Waals surface area contributed by atoms with Crippen LogP contribution >= 0.6 is 0 Å². The average molecular weight is 297 g/mol. The van der Waals surface area contributed by atoms with E-state index in [1.54, 1.807) is 18.2 Å². The number of hydrogen-bond acceptors (Lipinski definition) is 4. The second-order valence-corrected chi connectivity index (χ2v) is 4.74. The van der Waals surface area contributed by atoms with Crippen molar-refractivity contribution >= 4 is 11.9 Å². The molecular weight excluding hydrogens is 285 g/mol. The zero-order valence-corrected chi connectivity index (χ0v) is 11.7. The molecule has 110 valence electrons. The maximum atomic E-state index is 12.9. The van der Waals surface area contributed by atoms with Crippen LogP contribution in [0.25, 0.3) is 11.5 Å². The van der Waals surface area contributed by atoms with Crippen molar-refractivity contribution < 1.29 is 13.6 Å². The number of hydrogen-bond donors (Lipinski definition) is 1. The van der Waals surface area contributed by atoms with Crippen molar-refractivity contribution in [2.45, 2.75) is 6.92 Å². The third-order valence-corrected chi connectivity index (χ3v) is 3.02. The molecule has 6 heteroatoms. The van der Waals surface area contributed by atoms with E-state index in [1.165, 1.54) is 24.3 Å². The highest BCUT2D eigenvalue weighted by Crippen LogP contribution is 2.20. The average Bonchev–Trinajstić information content (AvgIpc) is 2.96. The van der Waals surface area contributed by atoms with Crippen LogP contribution in [-0.2, 0) is 0 Å². The highest BCUT2D eigenvalue weighted by Gasteiger charge is 2.12.